The van der Waals surface area contributed by atoms with Gasteiger partial charge in [0.1, 0.15) is 5.82 Å². The zero-order valence-corrected chi connectivity index (χ0v) is 16.5. The summed E-state index contributed by atoms with van der Waals surface area (Å²) in [6.07, 6.45) is 4.43. The second-order valence-corrected chi connectivity index (χ2v) is 8.19. The molecule has 1 amide bonds. The monoisotopic (exact) mass is 385 g/mol. The molecule has 0 atom stereocenters. The maximum atomic E-state index is 13.6. The van der Waals surface area contributed by atoms with E-state index in [9.17, 15) is 9.18 Å². The fourth-order valence-corrected chi connectivity index (χ4v) is 3.17. The fraction of sp³-hybridized carbons (Fsp3) is 0.632. The largest absolute Gasteiger partial charge is 0.309 e. The summed E-state index contributed by atoms with van der Waals surface area (Å²) < 4.78 is 14.0. The Balaban J connectivity index is 3.22. The molecule has 1 aromatic carbocycles. The Morgan fingerprint density at radius 1 is 1.22 bits per heavy atom. The van der Waals surface area contributed by atoms with Crippen molar-refractivity contribution in [3.63, 3.8) is 0 Å². The van der Waals surface area contributed by atoms with Crippen LogP contribution in [0.2, 0.25) is 0 Å². The Morgan fingerprint density at radius 2 is 1.78 bits per heavy atom. The number of hydrogen-bond acceptors (Lipinski definition) is 1. The van der Waals surface area contributed by atoms with Crippen molar-refractivity contribution < 1.29 is 9.18 Å². The van der Waals surface area contributed by atoms with Gasteiger partial charge in [0.25, 0.3) is 0 Å². The maximum Gasteiger partial charge on any atom is 0.227 e. The minimum atomic E-state index is -0.306. The predicted octanol–water partition coefficient (Wildman–Crippen LogP) is 6.33. The molecule has 0 bridgehead atoms. The number of amides is 1. The Hall–Kier alpha value is -0.900. The molecule has 0 saturated carbocycles. The molecular weight excluding hydrogens is 357 g/mol. The maximum absolute atomic E-state index is 13.6. The molecule has 0 radical (unpaired) electrons. The van der Waals surface area contributed by atoms with Crippen molar-refractivity contribution in [3.05, 3.63) is 28.5 Å². The number of halogens is 2. The van der Waals surface area contributed by atoms with Crippen molar-refractivity contribution >= 4 is 27.5 Å². The Kier molecular flexibility index (Phi) is 7.72. The van der Waals surface area contributed by atoms with Gasteiger partial charge in [-0.1, -0.05) is 47.5 Å². The van der Waals surface area contributed by atoms with Crippen LogP contribution in [0.3, 0.4) is 0 Å². The van der Waals surface area contributed by atoms with Gasteiger partial charge >= 0.3 is 0 Å². The first kappa shape index (κ1) is 20.1. The first-order valence-electron chi connectivity index (χ1n) is 8.46. The van der Waals surface area contributed by atoms with E-state index >= 15 is 0 Å². The van der Waals surface area contributed by atoms with Gasteiger partial charge in [0, 0.05) is 18.2 Å². The van der Waals surface area contributed by atoms with Gasteiger partial charge in [-0.3, -0.25) is 4.79 Å². The molecule has 0 spiro atoms. The first-order chi connectivity index (χ1) is 10.7. The smallest absolute Gasteiger partial charge is 0.227 e. The van der Waals surface area contributed by atoms with Crippen molar-refractivity contribution in [2.75, 3.05) is 4.90 Å². The van der Waals surface area contributed by atoms with Crippen LogP contribution >= 0.6 is 15.9 Å². The molecule has 0 aliphatic rings. The van der Waals surface area contributed by atoms with E-state index in [1.54, 1.807) is 12.1 Å². The highest BCUT2D eigenvalue weighted by Gasteiger charge is 2.28. The van der Waals surface area contributed by atoms with Crippen LogP contribution in [0.15, 0.2) is 22.7 Å². The summed E-state index contributed by atoms with van der Waals surface area (Å²) in [7, 11) is 0. The average Bonchev–Trinajstić information content (AvgIpc) is 2.41. The van der Waals surface area contributed by atoms with E-state index in [1.165, 1.54) is 6.07 Å². The molecule has 4 heteroatoms. The number of anilines is 1. The minimum absolute atomic E-state index is 0.0738. The molecule has 0 unspecified atom stereocenters. The predicted molar refractivity (Wildman–Crippen MR) is 99.3 cm³/mol. The SMILES string of the molecule is CCCC(CCC)N(C(=O)CC(C)(C)C)c1ccc(F)c(Br)c1. The molecule has 1 aromatic rings. The van der Waals surface area contributed by atoms with Gasteiger partial charge in [0.15, 0.2) is 0 Å². The lowest BCUT2D eigenvalue weighted by Gasteiger charge is -2.34. The lowest BCUT2D eigenvalue weighted by atomic mass is 9.90. The quantitative estimate of drug-likeness (QED) is 0.536. The van der Waals surface area contributed by atoms with Gasteiger partial charge in [-0.25, -0.2) is 4.39 Å². The van der Waals surface area contributed by atoms with Crippen LogP contribution < -0.4 is 4.90 Å². The number of benzene rings is 1. The van der Waals surface area contributed by atoms with Gasteiger partial charge in [-0.05, 0) is 52.4 Å². The summed E-state index contributed by atoms with van der Waals surface area (Å²) in [5.41, 5.74) is 0.703. The number of rotatable bonds is 7. The zero-order valence-electron chi connectivity index (χ0n) is 15.0. The average molecular weight is 386 g/mol. The lowest BCUT2D eigenvalue weighted by Crippen LogP contribution is -2.42. The third kappa shape index (κ3) is 6.25. The van der Waals surface area contributed by atoms with Crippen LogP contribution in [0, 0.1) is 11.2 Å². The van der Waals surface area contributed by atoms with Crippen molar-refractivity contribution in [1.82, 2.24) is 0 Å². The summed E-state index contributed by atoms with van der Waals surface area (Å²) in [6.45, 7) is 10.5. The third-order valence-corrected chi connectivity index (χ3v) is 4.35. The normalized spacial score (nSPS) is 11.8. The topological polar surface area (TPSA) is 20.3 Å². The van der Waals surface area contributed by atoms with Crippen molar-refractivity contribution in [3.8, 4) is 0 Å². The molecule has 2 nitrogen and oxygen atoms in total. The van der Waals surface area contributed by atoms with E-state index in [1.807, 2.05) is 4.90 Å². The Labute approximate surface area is 148 Å². The standard InChI is InChI=1S/C19H29BrFNO/c1-6-8-14(9-7-2)22(18(23)13-19(3,4)5)15-10-11-17(21)16(20)12-15/h10-12,14H,6-9,13H2,1-5H3. The van der Waals surface area contributed by atoms with Gasteiger partial charge in [0.2, 0.25) is 5.91 Å². The van der Waals surface area contributed by atoms with E-state index in [2.05, 4.69) is 50.5 Å². The number of hydrogen-bond donors (Lipinski definition) is 0. The summed E-state index contributed by atoms with van der Waals surface area (Å²) >= 11 is 3.24. The molecule has 0 saturated heterocycles. The molecule has 0 aliphatic heterocycles. The lowest BCUT2D eigenvalue weighted by molar-refractivity contribution is -0.120. The zero-order chi connectivity index (χ0) is 17.6. The van der Waals surface area contributed by atoms with Gasteiger partial charge < -0.3 is 4.90 Å². The molecule has 0 aliphatic carbocycles. The van der Waals surface area contributed by atoms with Gasteiger partial charge in [0.05, 0.1) is 4.47 Å². The second-order valence-electron chi connectivity index (χ2n) is 7.33. The third-order valence-electron chi connectivity index (χ3n) is 3.74. The number of carbonyl (C=O) groups is 1. The van der Waals surface area contributed by atoms with Gasteiger partial charge in [-0.2, -0.15) is 0 Å². The van der Waals surface area contributed by atoms with Crippen LogP contribution in [0.5, 0.6) is 0 Å². The number of carbonyl (C=O) groups excluding carboxylic acids is 1. The van der Waals surface area contributed by atoms with Crippen LogP contribution in [0.25, 0.3) is 0 Å². The molecular formula is C19H29BrFNO. The van der Waals surface area contributed by atoms with Crippen LogP contribution in [-0.4, -0.2) is 11.9 Å². The summed E-state index contributed by atoms with van der Waals surface area (Å²) in [6, 6.07) is 5.01. The Morgan fingerprint density at radius 3 is 2.22 bits per heavy atom. The van der Waals surface area contributed by atoms with E-state index in [0.29, 0.717) is 10.9 Å². The van der Waals surface area contributed by atoms with Crippen molar-refractivity contribution in [1.29, 1.82) is 0 Å². The highest BCUT2D eigenvalue weighted by atomic mass is 79.9. The molecule has 1 rings (SSSR count). The molecule has 0 fully saturated rings. The fourth-order valence-electron chi connectivity index (χ4n) is 2.80. The summed E-state index contributed by atoms with van der Waals surface area (Å²) in [5.74, 6) is -0.192. The van der Waals surface area contributed by atoms with Crippen LogP contribution in [0.1, 0.15) is 66.7 Å². The molecule has 23 heavy (non-hydrogen) atoms. The number of nitrogens with zero attached hydrogens (tertiary/aromatic N) is 1. The minimum Gasteiger partial charge on any atom is -0.309 e. The van der Waals surface area contributed by atoms with Crippen LogP contribution in [-0.2, 0) is 4.79 Å². The molecule has 0 aromatic heterocycles. The Bertz CT molecular complexity index is 519. The highest BCUT2D eigenvalue weighted by molar-refractivity contribution is 9.10. The first-order valence-corrected chi connectivity index (χ1v) is 9.26. The second kappa shape index (κ2) is 8.81. The van der Waals surface area contributed by atoms with E-state index in [0.717, 1.165) is 31.4 Å². The summed E-state index contributed by atoms with van der Waals surface area (Å²) in [5, 5.41) is 0. The van der Waals surface area contributed by atoms with Crippen LogP contribution in [0.4, 0.5) is 10.1 Å². The van der Waals surface area contributed by atoms with E-state index < -0.39 is 0 Å². The molecule has 0 heterocycles. The summed E-state index contributed by atoms with van der Waals surface area (Å²) in [4.78, 5) is 14.9. The van der Waals surface area contributed by atoms with E-state index in [-0.39, 0.29) is 23.2 Å². The highest BCUT2D eigenvalue weighted by Crippen LogP contribution is 2.30. The van der Waals surface area contributed by atoms with Crippen molar-refractivity contribution in [2.45, 2.75) is 72.8 Å². The van der Waals surface area contributed by atoms with E-state index in [4.69, 9.17) is 0 Å². The molecule has 0 N–H and O–H groups in total. The molecule has 130 valence electrons. The van der Waals surface area contributed by atoms with Gasteiger partial charge in [-0.15, -0.1) is 0 Å². The van der Waals surface area contributed by atoms with Crippen molar-refractivity contribution in [2.24, 2.45) is 5.41 Å².